The fraction of sp³-hybridized carbons (Fsp3) is 0.583. The van der Waals surface area contributed by atoms with Crippen molar-refractivity contribution in [3.63, 3.8) is 0 Å². The van der Waals surface area contributed by atoms with Gasteiger partial charge in [-0.15, -0.1) is 0 Å². The Morgan fingerprint density at radius 1 is 1.44 bits per heavy atom. The van der Waals surface area contributed by atoms with Crippen LogP contribution in [0.4, 0.5) is 11.6 Å². The van der Waals surface area contributed by atoms with Gasteiger partial charge >= 0.3 is 0 Å². The third-order valence-corrected chi connectivity index (χ3v) is 2.67. The van der Waals surface area contributed by atoms with Gasteiger partial charge in [0.05, 0.1) is 19.1 Å². The molecule has 0 fully saturated rings. The first kappa shape index (κ1) is 14.2. The summed E-state index contributed by atoms with van der Waals surface area (Å²) in [6.45, 7) is 3.89. The summed E-state index contributed by atoms with van der Waals surface area (Å²) in [5, 5.41) is 8.70. The zero-order chi connectivity index (χ0) is 13.4. The van der Waals surface area contributed by atoms with E-state index < -0.39 is 0 Å². The van der Waals surface area contributed by atoms with Crippen molar-refractivity contribution in [3.05, 3.63) is 11.9 Å². The van der Waals surface area contributed by atoms with Gasteiger partial charge in [0, 0.05) is 25.8 Å². The summed E-state index contributed by atoms with van der Waals surface area (Å²) >= 11 is 0. The van der Waals surface area contributed by atoms with Crippen molar-refractivity contribution >= 4 is 11.6 Å². The Morgan fingerprint density at radius 2 is 2.22 bits per heavy atom. The number of aromatic nitrogens is 2. The van der Waals surface area contributed by atoms with Crippen LogP contribution in [0, 0.1) is 11.3 Å². The quantitative estimate of drug-likeness (QED) is 0.775. The fourth-order valence-electron chi connectivity index (χ4n) is 1.74. The average molecular weight is 249 g/mol. The molecule has 6 heteroatoms. The minimum absolute atomic E-state index is 0.441. The van der Waals surface area contributed by atoms with E-state index in [4.69, 9.17) is 15.7 Å². The maximum absolute atomic E-state index is 8.70. The van der Waals surface area contributed by atoms with Gasteiger partial charge in [-0.05, 0) is 6.42 Å². The highest BCUT2D eigenvalue weighted by Gasteiger charge is 2.14. The maximum Gasteiger partial charge on any atom is 0.137 e. The minimum atomic E-state index is 0.441. The Labute approximate surface area is 107 Å². The van der Waals surface area contributed by atoms with E-state index in [1.165, 1.54) is 6.33 Å². The second-order valence-corrected chi connectivity index (χ2v) is 3.80. The smallest absolute Gasteiger partial charge is 0.137 e. The molecular weight excluding hydrogens is 230 g/mol. The van der Waals surface area contributed by atoms with Gasteiger partial charge in [-0.3, -0.25) is 0 Å². The van der Waals surface area contributed by atoms with Crippen LogP contribution < -0.4 is 10.6 Å². The molecule has 1 heterocycles. The molecule has 0 bridgehead atoms. The molecule has 0 unspecified atom stereocenters. The van der Waals surface area contributed by atoms with Gasteiger partial charge in [0.1, 0.15) is 18.0 Å². The molecule has 1 aromatic heterocycles. The predicted molar refractivity (Wildman–Crippen MR) is 70.1 cm³/mol. The number of hydrogen-bond acceptors (Lipinski definition) is 6. The van der Waals surface area contributed by atoms with Gasteiger partial charge in [-0.2, -0.15) is 5.26 Å². The lowest BCUT2D eigenvalue weighted by molar-refractivity contribution is 0.205. The minimum Gasteiger partial charge on any atom is -0.383 e. The standard InChI is InChI=1S/C12H19N5O/c1-3-10-11(14)15-9-16-12(10)17(6-4-5-13)7-8-18-2/h9H,3-4,6-8H2,1-2H3,(H2,14,15,16). The highest BCUT2D eigenvalue weighted by Crippen LogP contribution is 2.21. The lowest BCUT2D eigenvalue weighted by atomic mass is 10.2. The van der Waals surface area contributed by atoms with Crippen molar-refractivity contribution in [3.8, 4) is 6.07 Å². The van der Waals surface area contributed by atoms with Crippen LogP contribution in [-0.4, -0.2) is 36.8 Å². The van der Waals surface area contributed by atoms with Crippen molar-refractivity contribution in [1.29, 1.82) is 5.26 Å². The van der Waals surface area contributed by atoms with Gasteiger partial charge in [0.2, 0.25) is 0 Å². The van der Waals surface area contributed by atoms with E-state index in [2.05, 4.69) is 16.0 Å². The van der Waals surface area contributed by atoms with Crippen LogP contribution in [0.3, 0.4) is 0 Å². The van der Waals surface area contributed by atoms with Gasteiger partial charge in [-0.1, -0.05) is 6.92 Å². The molecule has 2 N–H and O–H groups in total. The van der Waals surface area contributed by atoms with Crippen molar-refractivity contribution in [2.75, 3.05) is 37.4 Å². The summed E-state index contributed by atoms with van der Waals surface area (Å²) in [5.74, 6) is 1.30. The molecule has 0 radical (unpaired) electrons. The summed E-state index contributed by atoms with van der Waals surface area (Å²) in [4.78, 5) is 10.3. The molecule has 0 spiro atoms. The van der Waals surface area contributed by atoms with Crippen molar-refractivity contribution in [1.82, 2.24) is 9.97 Å². The van der Waals surface area contributed by atoms with Crippen LogP contribution in [0.5, 0.6) is 0 Å². The van der Waals surface area contributed by atoms with E-state index in [0.29, 0.717) is 31.9 Å². The highest BCUT2D eigenvalue weighted by atomic mass is 16.5. The summed E-state index contributed by atoms with van der Waals surface area (Å²) < 4.78 is 5.08. The molecule has 0 saturated carbocycles. The number of hydrogen-bond donors (Lipinski definition) is 1. The van der Waals surface area contributed by atoms with E-state index in [-0.39, 0.29) is 0 Å². The Bertz CT molecular complexity index is 415. The second kappa shape index (κ2) is 7.45. The zero-order valence-electron chi connectivity index (χ0n) is 10.9. The van der Waals surface area contributed by atoms with Crippen LogP contribution in [0.25, 0.3) is 0 Å². The number of nitrogen functional groups attached to an aromatic ring is 1. The first-order valence-corrected chi connectivity index (χ1v) is 5.94. The number of nitrogens with zero attached hydrogens (tertiary/aromatic N) is 4. The predicted octanol–water partition coefficient (Wildman–Crippen LogP) is 0.988. The van der Waals surface area contributed by atoms with Crippen LogP contribution in [0.2, 0.25) is 0 Å². The highest BCUT2D eigenvalue weighted by molar-refractivity contribution is 5.56. The Hall–Kier alpha value is -1.87. The number of anilines is 2. The Balaban J connectivity index is 2.96. The molecule has 0 atom stereocenters. The number of nitriles is 1. The summed E-state index contributed by atoms with van der Waals surface area (Å²) in [6.07, 6.45) is 2.66. The van der Waals surface area contributed by atoms with Gasteiger partial charge in [0.25, 0.3) is 0 Å². The van der Waals surface area contributed by atoms with Crippen molar-refractivity contribution < 1.29 is 4.74 Å². The van der Waals surface area contributed by atoms with Crippen LogP contribution in [0.15, 0.2) is 6.33 Å². The normalized spacial score (nSPS) is 10.1. The summed E-state index contributed by atoms with van der Waals surface area (Å²) in [7, 11) is 1.65. The third-order valence-electron chi connectivity index (χ3n) is 2.67. The first-order chi connectivity index (χ1) is 8.74. The molecule has 0 amide bonds. The van der Waals surface area contributed by atoms with E-state index in [0.717, 1.165) is 17.8 Å². The Kier molecular flexibility index (Phi) is 5.88. The van der Waals surface area contributed by atoms with E-state index >= 15 is 0 Å². The largest absolute Gasteiger partial charge is 0.383 e. The third kappa shape index (κ3) is 3.57. The van der Waals surface area contributed by atoms with Crippen molar-refractivity contribution in [2.24, 2.45) is 0 Å². The average Bonchev–Trinajstić information content (AvgIpc) is 2.39. The molecular formula is C12H19N5O. The molecule has 0 aliphatic heterocycles. The number of ether oxygens (including phenoxy) is 1. The molecule has 1 rings (SSSR count). The molecule has 18 heavy (non-hydrogen) atoms. The van der Waals surface area contributed by atoms with E-state index in [1.807, 2.05) is 11.8 Å². The molecule has 98 valence electrons. The van der Waals surface area contributed by atoms with Gasteiger partial charge in [0.15, 0.2) is 0 Å². The maximum atomic E-state index is 8.70. The lowest BCUT2D eigenvalue weighted by Crippen LogP contribution is -2.30. The lowest BCUT2D eigenvalue weighted by Gasteiger charge is -2.24. The van der Waals surface area contributed by atoms with Gasteiger partial charge in [-0.25, -0.2) is 9.97 Å². The summed E-state index contributed by atoms with van der Waals surface area (Å²) in [5.41, 5.74) is 6.78. The molecule has 0 aliphatic rings. The molecule has 0 aromatic carbocycles. The fourth-order valence-corrected chi connectivity index (χ4v) is 1.74. The van der Waals surface area contributed by atoms with E-state index in [9.17, 15) is 0 Å². The molecule has 0 saturated heterocycles. The topological polar surface area (TPSA) is 88.1 Å². The first-order valence-electron chi connectivity index (χ1n) is 5.94. The van der Waals surface area contributed by atoms with Crippen LogP contribution >= 0.6 is 0 Å². The monoisotopic (exact) mass is 249 g/mol. The van der Waals surface area contributed by atoms with Crippen LogP contribution in [-0.2, 0) is 11.2 Å². The molecule has 6 nitrogen and oxygen atoms in total. The number of rotatable bonds is 7. The van der Waals surface area contributed by atoms with E-state index in [1.54, 1.807) is 7.11 Å². The second-order valence-electron chi connectivity index (χ2n) is 3.80. The van der Waals surface area contributed by atoms with Crippen molar-refractivity contribution in [2.45, 2.75) is 19.8 Å². The number of methoxy groups -OCH3 is 1. The molecule has 0 aliphatic carbocycles. The zero-order valence-corrected chi connectivity index (χ0v) is 10.9. The summed E-state index contributed by atoms with van der Waals surface area (Å²) in [6, 6.07) is 2.14. The SMILES string of the molecule is CCc1c(N)ncnc1N(CCC#N)CCOC. The Morgan fingerprint density at radius 3 is 2.83 bits per heavy atom. The van der Waals surface area contributed by atoms with Crippen LogP contribution in [0.1, 0.15) is 18.9 Å². The molecule has 1 aromatic rings. The van der Waals surface area contributed by atoms with Gasteiger partial charge < -0.3 is 15.4 Å². The number of nitrogens with two attached hydrogens (primary N) is 1.